The van der Waals surface area contributed by atoms with E-state index >= 15 is 0 Å². The van der Waals surface area contributed by atoms with E-state index < -0.39 is 6.04 Å². The number of carbonyl (C=O) groups is 2. The maximum atomic E-state index is 13.7. The van der Waals surface area contributed by atoms with E-state index in [0.29, 0.717) is 43.4 Å². The molecule has 4 rings (SSSR count). The molecule has 3 saturated heterocycles. The lowest BCUT2D eigenvalue weighted by molar-refractivity contribution is -0.162. The Kier molecular flexibility index (Phi) is 4.00. The van der Waals surface area contributed by atoms with E-state index in [9.17, 15) is 14.0 Å². The van der Waals surface area contributed by atoms with Gasteiger partial charge in [-0.3, -0.25) is 14.5 Å². The maximum Gasteiger partial charge on any atom is 0.248 e. The molecule has 0 radical (unpaired) electrons. The molecule has 0 spiro atoms. The topological polar surface area (TPSA) is 43.9 Å². The van der Waals surface area contributed by atoms with Gasteiger partial charge in [0.2, 0.25) is 11.8 Å². The average molecular weight is 349 g/mol. The Morgan fingerprint density at radius 1 is 1.17 bits per heavy atom. The molecule has 0 unspecified atom stereocenters. The van der Waals surface area contributed by atoms with E-state index in [2.05, 4.69) is 4.90 Å². The van der Waals surface area contributed by atoms with E-state index in [0.717, 1.165) is 5.56 Å². The molecule has 2 amide bonds. The van der Waals surface area contributed by atoms with Crippen LogP contribution in [0.2, 0.25) is 0 Å². The number of piperazine rings is 2. The number of hydrogen-bond acceptors (Lipinski definition) is 4. The van der Waals surface area contributed by atoms with Crippen LogP contribution >= 0.6 is 11.8 Å². The molecule has 0 bridgehead atoms. The standard InChI is InChI=1S/C17H20FN3O2S/c1-11-2-3-12(6-13(11)18)7-19-4-5-20-14(8-19)16(22)21-10-24-9-15(21)17(20)23/h2-3,6,14-15H,4-5,7-10H2,1H3/t14-,15+/m1/s1. The molecular weight excluding hydrogens is 329 g/mol. The monoisotopic (exact) mass is 349 g/mol. The first kappa shape index (κ1) is 15.9. The highest BCUT2D eigenvalue weighted by atomic mass is 32.2. The van der Waals surface area contributed by atoms with Crippen molar-refractivity contribution in [3.8, 4) is 0 Å². The lowest BCUT2D eigenvalue weighted by Crippen LogP contribution is -2.69. The molecule has 0 N–H and O–H groups in total. The first-order chi connectivity index (χ1) is 11.5. The Bertz CT molecular complexity index is 698. The van der Waals surface area contributed by atoms with Gasteiger partial charge in [-0.2, -0.15) is 0 Å². The molecule has 1 aromatic rings. The van der Waals surface area contributed by atoms with E-state index in [1.165, 1.54) is 0 Å². The van der Waals surface area contributed by atoms with Crippen molar-refractivity contribution in [2.24, 2.45) is 0 Å². The number of aryl methyl sites for hydroxylation is 1. The number of rotatable bonds is 2. The van der Waals surface area contributed by atoms with Crippen LogP contribution < -0.4 is 0 Å². The fourth-order valence-corrected chi connectivity index (χ4v) is 4.85. The van der Waals surface area contributed by atoms with Crippen LogP contribution in [0.1, 0.15) is 11.1 Å². The summed E-state index contributed by atoms with van der Waals surface area (Å²) in [5.74, 6) is 1.27. The van der Waals surface area contributed by atoms with Gasteiger partial charge in [0.05, 0.1) is 5.88 Å². The first-order valence-electron chi connectivity index (χ1n) is 8.20. The van der Waals surface area contributed by atoms with Crippen molar-refractivity contribution >= 4 is 23.6 Å². The highest BCUT2D eigenvalue weighted by Gasteiger charge is 2.49. The minimum atomic E-state index is -0.392. The zero-order valence-corrected chi connectivity index (χ0v) is 14.4. The molecule has 24 heavy (non-hydrogen) atoms. The number of nitrogens with zero attached hydrogens (tertiary/aromatic N) is 3. The van der Waals surface area contributed by atoms with Gasteiger partial charge in [-0.15, -0.1) is 11.8 Å². The average Bonchev–Trinajstić information content (AvgIpc) is 3.06. The summed E-state index contributed by atoms with van der Waals surface area (Å²) in [6.45, 7) is 4.15. The van der Waals surface area contributed by atoms with Gasteiger partial charge in [0.25, 0.3) is 0 Å². The predicted octanol–water partition coefficient (Wildman–Crippen LogP) is 1.06. The third-order valence-electron chi connectivity index (χ3n) is 5.13. The van der Waals surface area contributed by atoms with Gasteiger partial charge in [-0.05, 0) is 24.1 Å². The van der Waals surface area contributed by atoms with Crippen LogP contribution in [0.3, 0.4) is 0 Å². The highest BCUT2D eigenvalue weighted by Crippen LogP contribution is 2.30. The fourth-order valence-electron chi connectivity index (χ4n) is 3.70. The second-order valence-electron chi connectivity index (χ2n) is 6.69. The number of hydrogen-bond donors (Lipinski definition) is 0. The summed E-state index contributed by atoms with van der Waals surface area (Å²) in [6.07, 6.45) is 0. The van der Waals surface area contributed by atoms with E-state index in [1.54, 1.807) is 40.6 Å². The summed E-state index contributed by atoms with van der Waals surface area (Å²) in [5.41, 5.74) is 1.53. The Morgan fingerprint density at radius 3 is 2.75 bits per heavy atom. The Balaban J connectivity index is 1.49. The van der Waals surface area contributed by atoms with Crippen molar-refractivity contribution in [3.63, 3.8) is 0 Å². The smallest absolute Gasteiger partial charge is 0.248 e. The molecule has 1 aromatic carbocycles. The minimum Gasteiger partial charge on any atom is -0.326 e. The maximum absolute atomic E-state index is 13.7. The van der Waals surface area contributed by atoms with Gasteiger partial charge in [0, 0.05) is 31.9 Å². The third kappa shape index (κ3) is 2.59. The first-order valence-corrected chi connectivity index (χ1v) is 9.36. The van der Waals surface area contributed by atoms with Crippen LogP contribution in [0.25, 0.3) is 0 Å². The van der Waals surface area contributed by atoms with Crippen LogP contribution in [0.4, 0.5) is 4.39 Å². The quantitative estimate of drug-likeness (QED) is 0.801. The molecule has 7 heteroatoms. The Hall–Kier alpha value is -1.60. The molecule has 5 nitrogen and oxygen atoms in total. The molecule has 3 heterocycles. The van der Waals surface area contributed by atoms with E-state index in [1.807, 2.05) is 6.07 Å². The molecule has 2 atom stereocenters. The number of thioether (sulfide) groups is 1. The van der Waals surface area contributed by atoms with E-state index in [-0.39, 0.29) is 23.7 Å². The van der Waals surface area contributed by atoms with Crippen LogP contribution in [-0.2, 0) is 16.1 Å². The number of carbonyl (C=O) groups excluding carboxylic acids is 2. The summed E-state index contributed by atoms with van der Waals surface area (Å²) in [6, 6.07) is 4.60. The predicted molar refractivity (Wildman–Crippen MR) is 89.9 cm³/mol. The molecular formula is C17H20FN3O2S. The minimum absolute atomic E-state index is 0.0596. The van der Waals surface area contributed by atoms with Gasteiger partial charge < -0.3 is 9.80 Å². The second-order valence-corrected chi connectivity index (χ2v) is 7.69. The largest absolute Gasteiger partial charge is 0.326 e. The van der Waals surface area contributed by atoms with Crippen molar-refractivity contribution in [1.29, 1.82) is 0 Å². The lowest BCUT2D eigenvalue weighted by atomic mass is 10.0. The van der Waals surface area contributed by atoms with Crippen LogP contribution in [0.15, 0.2) is 18.2 Å². The van der Waals surface area contributed by atoms with Gasteiger partial charge in [-0.25, -0.2) is 4.39 Å². The molecule has 0 aliphatic carbocycles. The molecule has 128 valence electrons. The van der Waals surface area contributed by atoms with Crippen LogP contribution in [0, 0.1) is 12.7 Å². The van der Waals surface area contributed by atoms with E-state index in [4.69, 9.17) is 0 Å². The van der Waals surface area contributed by atoms with Gasteiger partial charge in [-0.1, -0.05) is 12.1 Å². The Morgan fingerprint density at radius 2 is 1.96 bits per heavy atom. The second kappa shape index (κ2) is 6.04. The number of fused-ring (bicyclic) bond motifs is 2. The molecule has 3 aliphatic heterocycles. The molecule has 0 saturated carbocycles. The Labute approximate surface area is 144 Å². The third-order valence-corrected chi connectivity index (χ3v) is 6.14. The summed E-state index contributed by atoms with van der Waals surface area (Å²) in [5, 5.41) is 0. The number of benzene rings is 1. The highest BCUT2D eigenvalue weighted by molar-refractivity contribution is 7.99. The lowest BCUT2D eigenvalue weighted by Gasteiger charge is -2.47. The number of halogens is 1. The van der Waals surface area contributed by atoms with Crippen molar-refractivity contribution in [2.45, 2.75) is 25.6 Å². The molecule has 3 fully saturated rings. The molecule has 0 aromatic heterocycles. The fraction of sp³-hybridized carbons (Fsp3) is 0.529. The molecule has 3 aliphatic rings. The van der Waals surface area contributed by atoms with Crippen LogP contribution in [-0.4, -0.2) is 69.9 Å². The summed E-state index contributed by atoms with van der Waals surface area (Å²) < 4.78 is 13.7. The van der Waals surface area contributed by atoms with Crippen molar-refractivity contribution in [2.75, 3.05) is 31.3 Å². The zero-order valence-electron chi connectivity index (χ0n) is 13.6. The van der Waals surface area contributed by atoms with Crippen molar-refractivity contribution in [1.82, 2.24) is 14.7 Å². The van der Waals surface area contributed by atoms with Crippen molar-refractivity contribution in [3.05, 3.63) is 35.1 Å². The summed E-state index contributed by atoms with van der Waals surface area (Å²) >= 11 is 1.64. The van der Waals surface area contributed by atoms with Crippen LogP contribution in [0.5, 0.6) is 0 Å². The SMILES string of the molecule is Cc1ccc(CN2CCN3C(=O)[C@@H]4CSCN4C(=O)[C@H]3C2)cc1F. The van der Waals surface area contributed by atoms with Gasteiger partial charge in [0.1, 0.15) is 17.9 Å². The summed E-state index contributed by atoms with van der Waals surface area (Å²) in [7, 11) is 0. The van der Waals surface area contributed by atoms with Gasteiger partial charge >= 0.3 is 0 Å². The number of amides is 2. The van der Waals surface area contributed by atoms with Crippen molar-refractivity contribution < 1.29 is 14.0 Å². The summed E-state index contributed by atoms with van der Waals surface area (Å²) in [4.78, 5) is 30.9. The normalized spacial score (nSPS) is 27.4. The zero-order chi connectivity index (χ0) is 16.8. The van der Waals surface area contributed by atoms with Gasteiger partial charge in [0.15, 0.2) is 0 Å².